The van der Waals surface area contributed by atoms with Crippen LogP contribution < -0.4 is 0 Å². The van der Waals surface area contributed by atoms with Crippen LogP contribution in [0.4, 0.5) is 18.0 Å². The molecule has 3 aromatic rings. The second kappa shape index (κ2) is 7.60. The third kappa shape index (κ3) is 3.82. The molecule has 3 heterocycles. The molecule has 4 rings (SSSR count). The van der Waals surface area contributed by atoms with Gasteiger partial charge in [-0.05, 0) is 25.1 Å². The van der Waals surface area contributed by atoms with Gasteiger partial charge in [-0.3, -0.25) is 0 Å². The number of nitrogens with zero attached hydrogens (tertiary/aromatic N) is 4. The summed E-state index contributed by atoms with van der Waals surface area (Å²) in [6.45, 7) is 2.89. The maximum absolute atomic E-state index is 12.8. The highest BCUT2D eigenvalue weighted by molar-refractivity contribution is 5.67. The first-order valence-electron chi connectivity index (χ1n) is 9.25. The van der Waals surface area contributed by atoms with E-state index >= 15 is 0 Å². The van der Waals surface area contributed by atoms with Gasteiger partial charge in [-0.25, -0.2) is 14.3 Å². The van der Waals surface area contributed by atoms with Crippen molar-refractivity contribution in [1.29, 1.82) is 0 Å². The van der Waals surface area contributed by atoms with Crippen molar-refractivity contribution in [3.63, 3.8) is 0 Å². The molecule has 0 radical (unpaired) electrons. The number of benzene rings is 1. The van der Waals surface area contributed by atoms with E-state index in [2.05, 4.69) is 10.1 Å². The van der Waals surface area contributed by atoms with E-state index in [0.717, 1.165) is 17.8 Å². The fraction of sp³-hybridized carbons (Fsp3) is 0.350. The molecule has 1 aliphatic rings. The van der Waals surface area contributed by atoms with Crippen LogP contribution in [0.25, 0.3) is 16.9 Å². The molecule has 1 amide bonds. The number of carbonyl (C=O) groups excluding carboxylic acids is 1. The van der Waals surface area contributed by atoms with Crippen molar-refractivity contribution in [3.05, 3.63) is 53.3 Å². The van der Waals surface area contributed by atoms with E-state index in [9.17, 15) is 18.0 Å². The zero-order valence-electron chi connectivity index (χ0n) is 16.3. The van der Waals surface area contributed by atoms with Gasteiger partial charge in [-0.2, -0.15) is 18.3 Å². The Bertz CT molecular complexity index is 1080. The Kier molecular flexibility index (Phi) is 5.10. The average molecular weight is 420 g/mol. The zero-order chi connectivity index (χ0) is 21.5. The van der Waals surface area contributed by atoms with E-state index in [1.54, 1.807) is 15.5 Å². The van der Waals surface area contributed by atoms with Gasteiger partial charge in [0, 0.05) is 23.9 Å². The lowest BCUT2D eigenvalue weighted by atomic mass is 10.1. The number of amides is 1. The molecule has 158 valence electrons. The SMILES string of the molecule is COC(=O)N1CCO[C@@H](c2cc(C)nc3cc(-c4ccc(C(F)(F)F)cc4)nn23)C1. The van der Waals surface area contributed by atoms with Gasteiger partial charge in [0.15, 0.2) is 5.65 Å². The number of rotatable bonds is 2. The fourth-order valence-electron chi connectivity index (χ4n) is 3.45. The number of hydrogen-bond donors (Lipinski definition) is 0. The maximum atomic E-state index is 12.8. The number of aromatic nitrogens is 3. The van der Waals surface area contributed by atoms with Crippen molar-refractivity contribution in [1.82, 2.24) is 19.5 Å². The molecule has 0 saturated carbocycles. The molecule has 2 aromatic heterocycles. The van der Waals surface area contributed by atoms with E-state index in [1.165, 1.54) is 19.2 Å². The third-order valence-electron chi connectivity index (χ3n) is 4.92. The minimum atomic E-state index is -4.40. The molecule has 1 fully saturated rings. The van der Waals surface area contributed by atoms with Crippen LogP contribution in [0.5, 0.6) is 0 Å². The molecule has 1 aliphatic heterocycles. The standard InChI is InChI=1S/C20H19F3N4O3/c1-12-9-16(17-11-26(7-8-30-17)19(28)29-2)27-18(24-12)10-15(25-27)13-3-5-14(6-4-13)20(21,22)23/h3-6,9-10,17H,7-8,11H2,1-2H3/t17-/m1/s1. The molecule has 10 heteroatoms. The first-order valence-corrected chi connectivity index (χ1v) is 9.25. The lowest BCUT2D eigenvalue weighted by molar-refractivity contribution is -0.137. The number of aryl methyl sites for hydroxylation is 1. The monoisotopic (exact) mass is 420 g/mol. The van der Waals surface area contributed by atoms with Crippen LogP contribution in [0.1, 0.15) is 23.1 Å². The summed E-state index contributed by atoms with van der Waals surface area (Å²) in [6.07, 6.45) is -5.27. The summed E-state index contributed by atoms with van der Waals surface area (Å²) >= 11 is 0. The second-order valence-electron chi connectivity index (χ2n) is 6.97. The summed E-state index contributed by atoms with van der Waals surface area (Å²) < 4.78 is 50.7. The highest BCUT2D eigenvalue weighted by Crippen LogP contribution is 2.31. The Hall–Kier alpha value is -3.14. The molecule has 1 saturated heterocycles. The summed E-state index contributed by atoms with van der Waals surface area (Å²) in [5.74, 6) is 0. The van der Waals surface area contributed by atoms with E-state index in [1.807, 2.05) is 13.0 Å². The molecule has 0 aliphatic carbocycles. The van der Waals surface area contributed by atoms with Crippen LogP contribution in [0.3, 0.4) is 0 Å². The lowest BCUT2D eigenvalue weighted by Crippen LogP contribution is -2.42. The summed E-state index contributed by atoms with van der Waals surface area (Å²) in [5.41, 5.74) is 2.28. The molecule has 0 spiro atoms. The van der Waals surface area contributed by atoms with Crippen molar-refractivity contribution in [2.45, 2.75) is 19.2 Å². The van der Waals surface area contributed by atoms with Crippen molar-refractivity contribution in [2.24, 2.45) is 0 Å². The number of hydrogen-bond acceptors (Lipinski definition) is 5. The van der Waals surface area contributed by atoms with Crippen LogP contribution in [-0.4, -0.2) is 52.4 Å². The van der Waals surface area contributed by atoms with Crippen molar-refractivity contribution >= 4 is 11.7 Å². The predicted molar refractivity (Wildman–Crippen MR) is 101 cm³/mol. The second-order valence-corrected chi connectivity index (χ2v) is 6.97. The first-order chi connectivity index (χ1) is 14.3. The van der Waals surface area contributed by atoms with Gasteiger partial charge in [0.2, 0.25) is 0 Å². The number of alkyl halides is 3. The molecular weight excluding hydrogens is 401 g/mol. The highest BCUT2D eigenvalue weighted by atomic mass is 19.4. The number of morpholine rings is 1. The summed E-state index contributed by atoms with van der Waals surface area (Å²) in [7, 11) is 1.32. The van der Waals surface area contributed by atoms with Crippen LogP contribution in [-0.2, 0) is 15.7 Å². The first kappa shape index (κ1) is 20.1. The molecule has 30 heavy (non-hydrogen) atoms. The predicted octanol–water partition coefficient (Wildman–Crippen LogP) is 3.86. The largest absolute Gasteiger partial charge is 0.453 e. The van der Waals surface area contributed by atoms with Gasteiger partial charge >= 0.3 is 12.3 Å². The van der Waals surface area contributed by atoms with Crippen molar-refractivity contribution < 1.29 is 27.4 Å². The summed E-state index contributed by atoms with van der Waals surface area (Å²) in [6, 6.07) is 8.34. The number of halogens is 3. The molecule has 0 N–H and O–H groups in total. The zero-order valence-corrected chi connectivity index (χ0v) is 16.3. The number of ether oxygens (including phenoxy) is 2. The molecule has 1 atom stereocenters. The Morgan fingerprint density at radius 3 is 2.63 bits per heavy atom. The average Bonchev–Trinajstić information content (AvgIpc) is 3.16. The van der Waals surface area contributed by atoms with Gasteiger partial charge < -0.3 is 14.4 Å². The van der Waals surface area contributed by atoms with Crippen LogP contribution in [0.15, 0.2) is 36.4 Å². The Morgan fingerprint density at radius 1 is 1.23 bits per heavy atom. The Morgan fingerprint density at radius 2 is 1.97 bits per heavy atom. The van der Waals surface area contributed by atoms with Gasteiger partial charge in [0.1, 0.15) is 6.10 Å². The Balaban J connectivity index is 1.71. The van der Waals surface area contributed by atoms with Gasteiger partial charge in [-0.1, -0.05) is 12.1 Å². The van der Waals surface area contributed by atoms with E-state index in [4.69, 9.17) is 9.47 Å². The summed E-state index contributed by atoms with van der Waals surface area (Å²) in [5, 5.41) is 4.54. The van der Waals surface area contributed by atoms with Gasteiger partial charge in [0.05, 0.1) is 37.2 Å². The van der Waals surface area contributed by atoms with E-state index < -0.39 is 23.9 Å². The lowest BCUT2D eigenvalue weighted by Gasteiger charge is -2.32. The highest BCUT2D eigenvalue weighted by Gasteiger charge is 2.30. The fourth-order valence-corrected chi connectivity index (χ4v) is 3.45. The van der Waals surface area contributed by atoms with Crippen LogP contribution in [0.2, 0.25) is 0 Å². The van der Waals surface area contributed by atoms with E-state index in [0.29, 0.717) is 42.3 Å². The van der Waals surface area contributed by atoms with Crippen LogP contribution >= 0.6 is 0 Å². The molecule has 0 unspecified atom stereocenters. The number of methoxy groups -OCH3 is 1. The number of fused-ring (bicyclic) bond motifs is 1. The smallest absolute Gasteiger partial charge is 0.416 e. The molecular formula is C20H19F3N4O3. The normalized spacial score (nSPS) is 17.4. The van der Waals surface area contributed by atoms with Crippen molar-refractivity contribution in [2.75, 3.05) is 26.8 Å². The minimum absolute atomic E-state index is 0.292. The molecule has 7 nitrogen and oxygen atoms in total. The van der Waals surface area contributed by atoms with Gasteiger partial charge in [-0.15, -0.1) is 0 Å². The Labute approximate surface area is 170 Å². The van der Waals surface area contributed by atoms with E-state index in [-0.39, 0.29) is 0 Å². The third-order valence-corrected chi connectivity index (χ3v) is 4.92. The quantitative estimate of drug-likeness (QED) is 0.630. The topological polar surface area (TPSA) is 69.0 Å². The van der Waals surface area contributed by atoms with Crippen LogP contribution in [0, 0.1) is 6.92 Å². The molecule has 1 aromatic carbocycles. The maximum Gasteiger partial charge on any atom is 0.416 e. The van der Waals surface area contributed by atoms with Gasteiger partial charge in [0.25, 0.3) is 0 Å². The van der Waals surface area contributed by atoms with Crippen molar-refractivity contribution in [3.8, 4) is 11.3 Å². The minimum Gasteiger partial charge on any atom is -0.453 e. The summed E-state index contributed by atoms with van der Waals surface area (Å²) in [4.78, 5) is 17.9. The molecule has 0 bridgehead atoms. The number of carbonyl (C=O) groups is 1.